The largest absolute Gasteiger partial charge is 0.507 e. The van der Waals surface area contributed by atoms with E-state index in [1.165, 1.54) is 6.07 Å². The third kappa shape index (κ3) is 2.53. The maximum atomic E-state index is 13.9. The van der Waals surface area contributed by atoms with Crippen LogP contribution in [0.15, 0.2) is 36.4 Å². The van der Waals surface area contributed by atoms with Crippen LogP contribution in [0.3, 0.4) is 0 Å². The lowest BCUT2D eigenvalue weighted by molar-refractivity contribution is 0.0868. The Morgan fingerprint density at radius 1 is 1.09 bits per heavy atom. The van der Waals surface area contributed by atoms with Crippen molar-refractivity contribution in [2.24, 2.45) is 5.92 Å². The summed E-state index contributed by atoms with van der Waals surface area (Å²) >= 11 is 0. The third-order valence-corrected chi connectivity index (χ3v) is 7.74. The molecule has 35 heavy (non-hydrogen) atoms. The fraction of sp³-hybridized carbons (Fsp3) is 0.310. The summed E-state index contributed by atoms with van der Waals surface area (Å²) in [4.78, 5) is 27.4. The molecule has 2 aliphatic heterocycles. The van der Waals surface area contributed by atoms with Crippen LogP contribution in [0.4, 0.5) is 5.69 Å². The first-order chi connectivity index (χ1) is 16.8. The van der Waals surface area contributed by atoms with Crippen LogP contribution in [0.5, 0.6) is 5.75 Å². The molecule has 4 aliphatic rings. The molecule has 174 valence electrons. The zero-order valence-corrected chi connectivity index (χ0v) is 19.5. The van der Waals surface area contributed by atoms with Gasteiger partial charge in [0.05, 0.1) is 28.8 Å². The Morgan fingerprint density at radius 3 is 2.51 bits per heavy atom. The van der Waals surface area contributed by atoms with Crippen molar-refractivity contribution in [3.8, 4) is 29.4 Å². The van der Waals surface area contributed by atoms with Crippen molar-refractivity contribution in [1.29, 1.82) is 0 Å². The predicted octanol–water partition coefficient (Wildman–Crippen LogP) is 3.08. The van der Waals surface area contributed by atoms with E-state index in [1.807, 2.05) is 19.9 Å². The number of epoxide rings is 1. The minimum atomic E-state index is -1.14. The first-order valence-electron chi connectivity index (χ1n) is 11.7. The van der Waals surface area contributed by atoms with Crippen molar-refractivity contribution in [2.75, 3.05) is 5.32 Å². The van der Waals surface area contributed by atoms with Gasteiger partial charge in [0, 0.05) is 16.7 Å². The first-order valence-corrected chi connectivity index (χ1v) is 11.7. The molecular weight excluding hydrogens is 442 g/mol. The van der Waals surface area contributed by atoms with Gasteiger partial charge in [-0.2, -0.15) is 0 Å². The number of aryl methyl sites for hydroxylation is 1. The summed E-state index contributed by atoms with van der Waals surface area (Å²) in [5.74, 6) is 10.7. The number of benzene rings is 2. The summed E-state index contributed by atoms with van der Waals surface area (Å²) in [5, 5.41) is 25.3. The van der Waals surface area contributed by atoms with Gasteiger partial charge in [0.15, 0.2) is 17.2 Å². The smallest absolute Gasteiger partial charge is 0.198 e. The summed E-state index contributed by atoms with van der Waals surface area (Å²) in [6, 6.07) is 6.02. The molecule has 2 aliphatic carbocycles. The number of ketones is 2. The molecule has 3 N–H and O–H groups in total. The van der Waals surface area contributed by atoms with Crippen LogP contribution in [-0.4, -0.2) is 39.5 Å². The normalized spacial score (nSPS) is 30.5. The number of aliphatic hydroxyl groups is 1. The van der Waals surface area contributed by atoms with Crippen LogP contribution in [0.25, 0.3) is 0 Å². The highest BCUT2D eigenvalue weighted by molar-refractivity contribution is 6.31. The lowest BCUT2D eigenvalue weighted by Gasteiger charge is -2.38. The second kappa shape index (κ2) is 7.09. The molecule has 2 aromatic carbocycles. The van der Waals surface area contributed by atoms with Gasteiger partial charge in [0.25, 0.3) is 0 Å². The Labute approximate surface area is 203 Å². The summed E-state index contributed by atoms with van der Waals surface area (Å²) in [6.45, 7) is 5.51. The van der Waals surface area contributed by atoms with E-state index in [0.717, 1.165) is 5.56 Å². The van der Waals surface area contributed by atoms with Crippen molar-refractivity contribution in [2.45, 2.75) is 50.5 Å². The number of anilines is 1. The van der Waals surface area contributed by atoms with E-state index in [9.17, 15) is 19.8 Å². The highest BCUT2D eigenvalue weighted by Crippen LogP contribution is 2.68. The average molecular weight is 466 g/mol. The first kappa shape index (κ1) is 21.7. The van der Waals surface area contributed by atoms with Gasteiger partial charge in [0.1, 0.15) is 17.4 Å². The van der Waals surface area contributed by atoms with Crippen molar-refractivity contribution < 1.29 is 24.5 Å². The molecule has 0 aromatic heterocycles. The predicted molar refractivity (Wildman–Crippen MR) is 129 cm³/mol. The fourth-order valence-corrected chi connectivity index (χ4v) is 6.00. The molecule has 5 atom stereocenters. The van der Waals surface area contributed by atoms with Gasteiger partial charge in [-0.05, 0) is 50.1 Å². The number of carbonyl (C=O) groups is 2. The Balaban J connectivity index is 1.67. The number of hydrogen-bond donors (Lipinski definition) is 3. The zero-order valence-electron chi connectivity index (χ0n) is 19.5. The molecule has 2 aromatic rings. The van der Waals surface area contributed by atoms with Crippen molar-refractivity contribution in [3.05, 3.63) is 69.8 Å². The maximum absolute atomic E-state index is 13.9. The van der Waals surface area contributed by atoms with Gasteiger partial charge in [-0.25, -0.2) is 0 Å². The second-order valence-corrected chi connectivity index (χ2v) is 9.48. The number of aliphatic hydroxyl groups excluding tert-OH is 1. The van der Waals surface area contributed by atoms with Crippen molar-refractivity contribution in [1.82, 2.24) is 0 Å². The summed E-state index contributed by atoms with van der Waals surface area (Å²) < 4.78 is 6.41. The molecule has 0 amide bonds. The molecule has 2 heterocycles. The van der Waals surface area contributed by atoms with E-state index in [0.29, 0.717) is 23.2 Å². The highest BCUT2D eigenvalue weighted by Gasteiger charge is 2.81. The van der Waals surface area contributed by atoms with Crippen molar-refractivity contribution >= 4 is 17.3 Å². The maximum Gasteiger partial charge on any atom is 0.198 e. The molecule has 1 saturated heterocycles. The second-order valence-electron chi connectivity index (χ2n) is 9.48. The zero-order chi connectivity index (χ0) is 24.7. The summed E-state index contributed by atoms with van der Waals surface area (Å²) in [6.07, 6.45) is 3.07. The van der Waals surface area contributed by atoms with Gasteiger partial charge in [-0.3, -0.25) is 9.59 Å². The fourth-order valence-electron chi connectivity index (χ4n) is 6.00. The number of hydrogen-bond acceptors (Lipinski definition) is 6. The van der Waals surface area contributed by atoms with E-state index < -0.39 is 35.0 Å². The lowest BCUT2D eigenvalue weighted by Crippen LogP contribution is -2.53. The Kier molecular flexibility index (Phi) is 4.39. The molecule has 0 unspecified atom stereocenters. The van der Waals surface area contributed by atoms with E-state index in [1.54, 1.807) is 31.2 Å². The minimum Gasteiger partial charge on any atom is -0.507 e. The number of nitrogens with one attached hydrogen (secondary N) is 1. The number of aromatic hydroxyl groups is 1. The van der Waals surface area contributed by atoms with E-state index in [2.05, 4.69) is 29.0 Å². The molecule has 6 nitrogen and oxygen atoms in total. The standard InChI is InChI=1S/C29H23NO5/c1-4-17-11-12-18-19(13-17)27(34)24-23(26(18)33)21(32)14-20-25(24)30-22-10-8-6-5-7-9-15(2)28(20)29(22,35-28)16(3)31/h5-6,11-16,22,30-32H,4H2,1-3H3/b6-5-/t15-,16-,22+,28-,29+/m1/s1. The van der Waals surface area contributed by atoms with Gasteiger partial charge in [0.2, 0.25) is 0 Å². The van der Waals surface area contributed by atoms with Crippen LogP contribution < -0.4 is 5.32 Å². The quantitative estimate of drug-likeness (QED) is 0.306. The van der Waals surface area contributed by atoms with E-state index >= 15 is 0 Å². The molecule has 0 spiro atoms. The van der Waals surface area contributed by atoms with E-state index in [4.69, 9.17) is 4.74 Å². The molecule has 6 rings (SSSR count). The van der Waals surface area contributed by atoms with Gasteiger partial charge < -0.3 is 20.3 Å². The third-order valence-electron chi connectivity index (χ3n) is 7.74. The number of fused-ring (bicyclic) bond motifs is 4. The van der Waals surface area contributed by atoms with Gasteiger partial charge >= 0.3 is 0 Å². The number of allylic oxidation sites excluding steroid dienone is 2. The Morgan fingerprint density at radius 2 is 1.80 bits per heavy atom. The molecule has 0 saturated carbocycles. The number of ether oxygens (including phenoxy) is 1. The van der Waals surface area contributed by atoms with Gasteiger partial charge in [-0.1, -0.05) is 42.7 Å². The van der Waals surface area contributed by atoms with Crippen LogP contribution >= 0.6 is 0 Å². The number of rotatable bonds is 2. The van der Waals surface area contributed by atoms with Crippen LogP contribution in [0.1, 0.15) is 63.7 Å². The lowest BCUT2D eigenvalue weighted by atomic mass is 9.67. The minimum absolute atomic E-state index is 0.0317. The van der Waals surface area contributed by atoms with E-state index in [-0.39, 0.29) is 28.2 Å². The molecule has 1 fully saturated rings. The Bertz CT molecular complexity index is 1510. The molecule has 6 heteroatoms. The monoisotopic (exact) mass is 465 g/mol. The van der Waals surface area contributed by atoms with Crippen LogP contribution in [0.2, 0.25) is 0 Å². The molecular formula is C29H23NO5. The van der Waals surface area contributed by atoms with Crippen molar-refractivity contribution in [3.63, 3.8) is 0 Å². The summed E-state index contributed by atoms with van der Waals surface area (Å²) in [7, 11) is 0. The highest BCUT2D eigenvalue weighted by atomic mass is 16.6. The average Bonchev–Trinajstić information content (AvgIpc) is 3.57. The molecule has 2 bridgehead atoms. The topological polar surface area (TPSA) is 99.2 Å². The number of phenolic OH excluding ortho intramolecular Hbond substituents is 1. The van der Waals surface area contributed by atoms with Gasteiger partial charge in [-0.15, -0.1) is 0 Å². The molecule has 0 radical (unpaired) electrons. The summed E-state index contributed by atoms with van der Waals surface area (Å²) in [5.41, 5.74) is 0.237. The van der Waals surface area contributed by atoms with Crippen LogP contribution in [0, 0.1) is 29.6 Å². The van der Waals surface area contributed by atoms with Crippen LogP contribution in [-0.2, 0) is 16.8 Å². The number of carbonyl (C=O) groups excluding carboxylic acids is 2. The SMILES string of the molecule is CCc1ccc2c(c1)C(=O)c1c3c(cc(O)c1C2=O)[C@@]12O[C@@]1([C@@H](C)O)[C@H](C#C/C=C\C#C[C@H]2C)N3. The Hall–Kier alpha value is -3.84. The number of phenols is 1.